The second-order valence-electron chi connectivity index (χ2n) is 6.71. The summed E-state index contributed by atoms with van der Waals surface area (Å²) in [4.78, 5) is 24.3. The number of rotatable bonds is 3. The number of carbonyl (C=O) groups is 1. The van der Waals surface area contributed by atoms with Crippen molar-refractivity contribution in [3.8, 4) is 0 Å². The van der Waals surface area contributed by atoms with E-state index in [0.717, 1.165) is 5.56 Å². The normalized spacial score (nSPS) is 18.6. The maximum absolute atomic E-state index is 12.1. The molecule has 1 amide bonds. The molecule has 0 unspecified atom stereocenters. The number of hydrogen-bond acceptors (Lipinski definition) is 5. The van der Waals surface area contributed by atoms with Crippen LogP contribution in [0.5, 0.6) is 0 Å². The van der Waals surface area contributed by atoms with Gasteiger partial charge in [0.15, 0.2) is 0 Å². The number of nitrogens with one attached hydrogen (secondary N) is 1. The van der Waals surface area contributed by atoms with Gasteiger partial charge in [0.2, 0.25) is 0 Å². The third-order valence-electron chi connectivity index (χ3n) is 3.51. The molecule has 1 aliphatic rings. The highest BCUT2D eigenvalue weighted by molar-refractivity contribution is 5.68. The highest BCUT2D eigenvalue weighted by Gasteiger charge is 2.27. The van der Waals surface area contributed by atoms with E-state index in [1.807, 2.05) is 26.8 Å². The maximum atomic E-state index is 12.1. The van der Waals surface area contributed by atoms with Crippen LogP contribution in [0.3, 0.4) is 0 Å². The van der Waals surface area contributed by atoms with Crippen molar-refractivity contribution in [2.45, 2.75) is 38.8 Å². The third kappa shape index (κ3) is 5.21. The molecule has 0 spiro atoms. The van der Waals surface area contributed by atoms with E-state index in [9.17, 15) is 14.9 Å². The van der Waals surface area contributed by atoms with Gasteiger partial charge in [-0.1, -0.05) is 12.1 Å². The lowest BCUT2D eigenvalue weighted by atomic mass is 10.0. The molecule has 7 nitrogen and oxygen atoms in total. The van der Waals surface area contributed by atoms with Crippen molar-refractivity contribution in [3.05, 3.63) is 39.9 Å². The minimum absolute atomic E-state index is 0.0540. The average Bonchev–Trinajstić information content (AvgIpc) is 2.46. The number of nitro groups is 1. The Morgan fingerprint density at radius 2 is 2.22 bits per heavy atom. The molecular formula is C16H23N3O4. The van der Waals surface area contributed by atoms with Gasteiger partial charge in [-0.25, -0.2) is 4.79 Å². The molecular weight excluding hydrogens is 298 g/mol. The van der Waals surface area contributed by atoms with Crippen molar-refractivity contribution in [1.82, 2.24) is 10.2 Å². The first-order valence-electron chi connectivity index (χ1n) is 7.69. The van der Waals surface area contributed by atoms with Crippen molar-refractivity contribution in [2.75, 3.05) is 19.6 Å². The summed E-state index contributed by atoms with van der Waals surface area (Å²) in [7, 11) is 0. The quantitative estimate of drug-likeness (QED) is 0.682. The third-order valence-corrected chi connectivity index (χ3v) is 3.51. The summed E-state index contributed by atoms with van der Waals surface area (Å²) < 4.78 is 5.40. The molecule has 1 aromatic rings. The Kier molecular flexibility index (Phi) is 5.20. The topological polar surface area (TPSA) is 84.7 Å². The largest absolute Gasteiger partial charge is 0.444 e. The van der Waals surface area contributed by atoms with Crippen molar-refractivity contribution >= 4 is 11.8 Å². The summed E-state index contributed by atoms with van der Waals surface area (Å²) in [6.07, 6.45) is 0.309. The van der Waals surface area contributed by atoms with E-state index in [0.29, 0.717) is 26.1 Å². The molecule has 1 atom stereocenters. The fourth-order valence-corrected chi connectivity index (χ4v) is 2.54. The molecule has 1 N–H and O–H groups in total. The van der Waals surface area contributed by atoms with Crippen LogP contribution in [-0.4, -0.2) is 47.2 Å². The first-order chi connectivity index (χ1) is 10.7. The van der Waals surface area contributed by atoms with Gasteiger partial charge in [-0.15, -0.1) is 0 Å². The van der Waals surface area contributed by atoms with Gasteiger partial charge in [0.1, 0.15) is 5.60 Å². The van der Waals surface area contributed by atoms with Gasteiger partial charge in [0.05, 0.1) is 4.92 Å². The Morgan fingerprint density at radius 1 is 1.48 bits per heavy atom. The zero-order valence-electron chi connectivity index (χ0n) is 13.7. The van der Waals surface area contributed by atoms with Gasteiger partial charge in [0, 0.05) is 37.8 Å². The van der Waals surface area contributed by atoms with Crippen LogP contribution in [0.2, 0.25) is 0 Å². The summed E-state index contributed by atoms with van der Waals surface area (Å²) in [5.41, 5.74) is 0.447. The van der Waals surface area contributed by atoms with E-state index in [4.69, 9.17) is 4.74 Å². The van der Waals surface area contributed by atoms with Gasteiger partial charge < -0.3 is 15.0 Å². The predicted octanol–water partition coefficient (Wildman–Crippen LogP) is 2.35. The number of ether oxygens (including phenoxy) is 1. The molecule has 1 fully saturated rings. The van der Waals surface area contributed by atoms with E-state index in [2.05, 4.69) is 5.32 Å². The molecule has 1 heterocycles. The van der Waals surface area contributed by atoms with E-state index in [-0.39, 0.29) is 17.8 Å². The molecule has 0 bridgehead atoms. The zero-order valence-corrected chi connectivity index (χ0v) is 13.7. The molecule has 1 aromatic carbocycles. The van der Waals surface area contributed by atoms with Crippen LogP contribution in [0, 0.1) is 10.1 Å². The summed E-state index contributed by atoms with van der Waals surface area (Å²) in [5.74, 6) is 0. The summed E-state index contributed by atoms with van der Waals surface area (Å²) in [5, 5.41) is 14.2. The monoisotopic (exact) mass is 321 g/mol. The van der Waals surface area contributed by atoms with Crippen LogP contribution in [0.1, 0.15) is 26.3 Å². The van der Waals surface area contributed by atoms with Crippen LogP contribution in [-0.2, 0) is 11.2 Å². The number of benzene rings is 1. The maximum Gasteiger partial charge on any atom is 0.410 e. The molecule has 1 aliphatic heterocycles. The smallest absolute Gasteiger partial charge is 0.410 e. The lowest BCUT2D eigenvalue weighted by Gasteiger charge is -2.35. The van der Waals surface area contributed by atoms with Crippen molar-refractivity contribution < 1.29 is 14.5 Å². The van der Waals surface area contributed by atoms with Gasteiger partial charge in [-0.2, -0.15) is 0 Å². The number of nitrogens with zero attached hydrogens (tertiary/aromatic N) is 2. The fourth-order valence-electron chi connectivity index (χ4n) is 2.54. The van der Waals surface area contributed by atoms with Gasteiger partial charge in [-0.3, -0.25) is 10.1 Å². The molecule has 0 saturated carbocycles. The lowest BCUT2D eigenvalue weighted by molar-refractivity contribution is -0.384. The molecule has 0 aromatic heterocycles. The van der Waals surface area contributed by atoms with Crippen molar-refractivity contribution in [2.24, 2.45) is 0 Å². The van der Waals surface area contributed by atoms with E-state index >= 15 is 0 Å². The number of carbonyl (C=O) groups excluding carboxylic acids is 1. The Bertz CT molecular complexity index is 583. The van der Waals surface area contributed by atoms with E-state index in [1.54, 1.807) is 17.0 Å². The number of non-ortho nitro benzene ring substituents is 1. The number of amides is 1. The van der Waals surface area contributed by atoms with Crippen LogP contribution in [0.15, 0.2) is 24.3 Å². The van der Waals surface area contributed by atoms with Gasteiger partial charge in [0.25, 0.3) is 5.69 Å². The number of piperazine rings is 1. The standard InChI is InChI=1S/C16H23N3O4/c1-16(2,3)23-15(20)18-8-7-17-13(11-18)9-12-5-4-6-14(10-12)19(21)22/h4-6,10,13,17H,7-9,11H2,1-3H3/t13-/m1/s1. The second-order valence-corrected chi connectivity index (χ2v) is 6.71. The molecule has 1 saturated heterocycles. The molecule has 0 radical (unpaired) electrons. The fraction of sp³-hybridized carbons (Fsp3) is 0.562. The second kappa shape index (κ2) is 6.95. The zero-order chi connectivity index (χ0) is 17.0. The Morgan fingerprint density at radius 3 is 2.87 bits per heavy atom. The van der Waals surface area contributed by atoms with Crippen LogP contribution >= 0.6 is 0 Å². The molecule has 2 rings (SSSR count). The Hall–Kier alpha value is -2.15. The van der Waals surface area contributed by atoms with Gasteiger partial charge >= 0.3 is 6.09 Å². The highest BCUT2D eigenvalue weighted by Crippen LogP contribution is 2.16. The predicted molar refractivity (Wildman–Crippen MR) is 86.4 cm³/mol. The first kappa shape index (κ1) is 17.2. The Labute approximate surface area is 135 Å². The average molecular weight is 321 g/mol. The first-order valence-corrected chi connectivity index (χ1v) is 7.69. The Balaban J connectivity index is 1.97. The van der Waals surface area contributed by atoms with Crippen LogP contribution in [0.4, 0.5) is 10.5 Å². The summed E-state index contributed by atoms with van der Waals surface area (Å²) >= 11 is 0. The minimum atomic E-state index is -0.516. The molecule has 23 heavy (non-hydrogen) atoms. The minimum Gasteiger partial charge on any atom is -0.444 e. The SMILES string of the molecule is CC(C)(C)OC(=O)N1CCN[C@H](Cc2cccc([N+](=O)[O-])c2)C1. The van der Waals surface area contributed by atoms with Crippen LogP contribution in [0.25, 0.3) is 0 Å². The van der Waals surface area contributed by atoms with Crippen molar-refractivity contribution in [1.29, 1.82) is 0 Å². The number of nitro benzene ring substituents is 1. The summed E-state index contributed by atoms with van der Waals surface area (Å²) in [6, 6.07) is 6.65. The van der Waals surface area contributed by atoms with Crippen LogP contribution < -0.4 is 5.32 Å². The van der Waals surface area contributed by atoms with Gasteiger partial charge in [-0.05, 0) is 32.8 Å². The number of hydrogen-bond donors (Lipinski definition) is 1. The molecule has 7 heteroatoms. The van der Waals surface area contributed by atoms with Crippen molar-refractivity contribution in [3.63, 3.8) is 0 Å². The van der Waals surface area contributed by atoms with E-state index < -0.39 is 10.5 Å². The lowest BCUT2D eigenvalue weighted by Crippen LogP contribution is -2.54. The van der Waals surface area contributed by atoms with E-state index in [1.165, 1.54) is 6.07 Å². The summed E-state index contributed by atoms with van der Waals surface area (Å²) in [6.45, 7) is 7.33. The molecule has 0 aliphatic carbocycles. The molecule has 126 valence electrons. The highest BCUT2D eigenvalue weighted by atomic mass is 16.6.